The van der Waals surface area contributed by atoms with Crippen LogP contribution in [0.1, 0.15) is 42.5 Å². The van der Waals surface area contributed by atoms with Crippen molar-refractivity contribution in [2.24, 2.45) is 0 Å². The number of carbonyl (C=O) groups is 2. The predicted octanol–water partition coefficient (Wildman–Crippen LogP) is 5.83. The lowest BCUT2D eigenvalue weighted by Crippen LogP contribution is -2.44. The summed E-state index contributed by atoms with van der Waals surface area (Å²) in [7, 11) is 1.78. The van der Waals surface area contributed by atoms with Crippen LogP contribution < -0.4 is 15.5 Å². The molecule has 0 aromatic heterocycles. The topological polar surface area (TPSA) is 61.4 Å². The Morgan fingerprint density at radius 1 is 0.769 bits per heavy atom. The molecule has 0 bridgehead atoms. The van der Waals surface area contributed by atoms with Gasteiger partial charge in [-0.25, -0.2) is 0 Å². The fraction of sp³-hybridized carbons (Fsp3) is 0.294. The summed E-state index contributed by atoms with van der Waals surface area (Å²) >= 11 is 0. The summed E-state index contributed by atoms with van der Waals surface area (Å²) < 4.78 is 0. The highest BCUT2D eigenvalue weighted by molar-refractivity contribution is 5.90. The summed E-state index contributed by atoms with van der Waals surface area (Å²) in [5.41, 5.74) is 5.78. The minimum atomic E-state index is -0.232. The highest BCUT2D eigenvalue weighted by Crippen LogP contribution is 2.28. The number of anilines is 1. The van der Waals surface area contributed by atoms with Crippen LogP contribution >= 0.6 is 0 Å². The molecule has 4 rings (SSSR count). The normalized spacial score (nSPS) is 12.6. The summed E-state index contributed by atoms with van der Waals surface area (Å²) in [6, 6.07) is 31.3. The van der Waals surface area contributed by atoms with E-state index in [2.05, 4.69) is 83.4 Å². The lowest BCUT2D eigenvalue weighted by atomic mass is 9.95. The zero-order valence-corrected chi connectivity index (χ0v) is 23.2. The largest absolute Gasteiger partial charge is 0.352 e. The molecule has 5 heteroatoms. The van der Waals surface area contributed by atoms with E-state index >= 15 is 0 Å². The first kappa shape index (κ1) is 28.1. The summed E-state index contributed by atoms with van der Waals surface area (Å²) in [4.78, 5) is 26.4. The van der Waals surface area contributed by atoms with E-state index in [1.807, 2.05) is 32.0 Å². The summed E-state index contributed by atoms with van der Waals surface area (Å²) in [5.74, 6) is -0.00750. The lowest BCUT2D eigenvalue weighted by Gasteiger charge is -2.23. The van der Waals surface area contributed by atoms with Crippen molar-refractivity contribution in [1.29, 1.82) is 0 Å². The quantitative estimate of drug-likeness (QED) is 0.218. The lowest BCUT2D eigenvalue weighted by molar-refractivity contribution is -0.123. The van der Waals surface area contributed by atoms with E-state index in [1.54, 1.807) is 11.9 Å². The van der Waals surface area contributed by atoms with Crippen molar-refractivity contribution in [2.75, 3.05) is 11.9 Å². The zero-order valence-electron chi connectivity index (χ0n) is 23.2. The molecule has 0 fully saturated rings. The number of amides is 2. The van der Waals surface area contributed by atoms with Gasteiger partial charge < -0.3 is 15.5 Å². The number of benzene rings is 4. The van der Waals surface area contributed by atoms with Crippen LogP contribution in [-0.2, 0) is 35.4 Å². The predicted molar refractivity (Wildman–Crippen MR) is 161 cm³/mol. The van der Waals surface area contributed by atoms with Gasteiger partial charge in [-0.15, -0.1) is 0 Å². The molecule has 4 aromatic rings. The molecule has 4 aromatic carbocycles. The Morgan fingerprint density at radius 2 is 1.41 bits per heavy atom. The van der Waals surface area contributed by atoms with Crippen LogP contribution in [0.3, 0.4) is 0 Å². The highest BCUT2D eigenvalue weighted by Gasteiger charge is 2.16. The van der Waals surface area contributed by atoms with E-state index < -0.39 is 0 Å². The molecular weight excluding hydrogens is 482 g/mol. The van der Waals surface area contributed by atoms with E-state index in [0.29, 0.717) is 6.54 Å². The van der Waals surface area contributed by atoms with E-state index in [0.717, 1.165) is 48.9 Å². The maximum absolute atomic E-state index is 12.4. The first-order valence-corrected chi connectivity index (χ1v) is 13.8. The molecule has 0 aliphatic carbocycles. The van der Waals surface area contributed by atoms with Crippen LogP contribution in [0.2, 0.25) is 0 Å². The van der Waals surface area contributed by atoms with Gasteiger partial charge in [0.2, 0.25) is 12.3 Å². The minimum absolute atomic E-state index is 0.00750. The molecule has 0 saturated heterocycles. The Kier molecular flexibility index (Phi) is 9.87. The molecule has 39 heavy (non-hydrogen) atoms. The van der Waals surface area contributed by atoms with Crippen molar-refractivity contribution >= 4 is 28.8 Å². The monoisotopic (exact) mass is 521 g/mol. The Hall–Kier alpha value is -3.96. The van der Waals surface area contributed by atoms with Crippen molar-refractivity contribution in [2.45, 2.75) is 58.2 Å². The Labute approximate surface area is 232 Å². The molecule has 1 unspecified atom stereocenters. The molecule has 0 radical (unpaired) electrons. The van der Waals surface area contributed by atoms with Crippen LogP contribution in [0.25, 0.3) is 10.8 Å². The fourth-order valence-electron chi connectivity index (χ4n) is 5.01. The molecule has 0 aliphatic heterocycles. The molecule has 202 valence electrons. The van der Waals surface area contributed by atoms with Gasteiger partial charge in [-0.3, -0.25) is 9.59 Å². The van der Waals surface area contributed by atoms with E-state index in [1.165, 1.54) is 21.9 Å². The molecule has 0 aliphatic rings. The summed E-state index contributed by atoms with van der Waals surface area (Å²) in [6.07, 6.45) is 4.42. The average Bonchev–Trinajstić information content (AvgIpc) is 2.98. The van der Waals surface area contributed by atoms with Crippen molar-refractivity contribution in [1.82, 2.24) is 10.6 Å². The number of para-hydroxylation sites is 1. The SMILES string of the molecule is CN[C@@H](C)C(=O)NC(C)CCc1ccccc1N(C=O)Cc1ccc(CCc2ccccc2)c2ccccc12. The van der Waals surface area contributed by atoms with Gasteiger partial charge >= 0.3 is 0 Å². The van der Waals surface area contributed by atoms with Crippen LogP contribution in [0.15, 0.2) is 91.0 Å². The number of nitrogens with zero attached hydrogens (tertiary/aromatic N) is 1. The van der Waals surface area contributed by atoms with Gasteiger partial charge in [-0.2, -0.15) is 0 Å². The number of nitrogens with one attached hydrogen (secondary N) is 2. The van der Waals surface area contributed by atoms with Crippen LogP contribution in [0.4, 0.5) is 5.69 Å². The van der Waals surface area contributed by atoms with Crippen molar-refractivity contribution in [3.8, 4) is 0 Å². The Morgan fingerprint density at radius 3 is 2.13 bits per heavy atom. The third-order valence-electron chi connectivity index (χ3n) is 7.46. The van der Waals surface area contributed by atoms with Gasteiger partial charge in [0.15, 0.2) is 0 Å². The molecule has 2 atom stereocenters. The zero-order chi connectivity index (χ0) is 27.6. The molecule has 0 spiro atoms. The standard InChI is InChI=1S/C34H39N3O2/c1-25(36-34(39)26(2)35-3)17-19-29-13-7-10-16-33(29)37(24-38)23-30-22-21-28(31-14-8-9-15-32(30)31)20-18-27-11-5-4-6-12-27/h4-16,21-22,24-26,35H,17-20,23H2,1-3H3,(H,36,39)/t25?,26-/m0/s1. The number of fused-ring (bicyclic) bond motifs is 1. The molecule has 0 saturated carbocycles. The van der Waals surface area contributed by atoms with Crippen molar-refractivity contribution in [3.63, 3.8) is 0 Å². The Bertz CT molecular complexity index is 1390. The number of hydrogen-bond acceptors (Lipinski definition) is 3. The number of hydrogen-bond donors (Lipinski definition) is 2. The van der Waals surface area contributed by atoms with Gasteiger partial charge in [0.1, 0.15) is 0 Å². The highest BCUT2D eigenvalue weighted by atomic mass is 16.2. The van der Waals surface area contributed by atoms with Gasteiger partial charge in [0.05, 0.1) is 12.6 Å². The number of rotatable bonds is 13. The summed E-state index contributed by atoms with van der Waals surface area (Å²) in [5, 5.41) is 8.46. The first-order valence-electron chi connectivity index (χ1n) is 13.8. The van der Waals surface area contributed by atoms with Crippen LogP contribution in [0.5, 0.6) is 0 Å². The molecule has 2 amide bonds. The van der Waals surface area contributed by atoms with Gasteiger partial charge in [-0.05, 0) is 85.7 Å². The van der Waals surface area contributed by atoms with Crippen LogP contribution in [0, 0.1) is 0 Å². The van der Waals surface area contributed by atoms with Crippen molar-refractivity contribution < 1.29 is 9.59 Å². The average molecular weight is 522 g/mol. The fourth-order valence-corrected chi connectivity index (χ4v) is 5.01. The maximum Gasteiger partial charge on any atom is 0.237 e. The maximum atomic E-state index is 12.4. The molecule has 0 heterocycles. The van der Waals surface area contributed by atoms with Crippen LogP contribution in [-0.4, -0.2) is 31.4 Å². The van der Waals surface area contributed by atoms with Gasteiger partial charge in [-0.1, -0.05) is 84.9 Å². The van der Waals surface area contributed by atoms with Gasteiger partial charge in [0.25, 0.3) is 0 Å². The third kappa shape index (κ3) is 7.33. The number of carbonyl (C=O) groups excluding carboxylic acids is 2. The second-order valence-electron chi connectivity index (χ2n) is 10.2. The first-order chi connectivity index (χ1) is 19.0. The molecular formula is C34H39N3O2. The second kappa shape index (κ2) is 13.7. The summed E-state index contributed by atoms with van der Waals surface area (Å²) in [6.45, 7) is 4.36. The number of aryl methyl sites for hydroxylation is 3. The minimum Gasteiger partial charge on any atom is -0.352 e. The molecule has 2 N–H and O–H groups in total. The third-order valence-corrected chi connectivity index (χ3v) is 7.46. The second-order valence-corrected chi connectivity index (χ2v) is 10.2. The smallest absolute Gasteiger partial charge is 0.237 e. The van der Waals surface area contributed by atoms with Crippen molar-refractivity contribution in [3.05, 3.63) is 113 Å². The van der Waals surface area contributed by atoms with E-state index in [9.17, 15) is 9.59 Å². The molecule has 5 nitrogen and oxygen atoms in total. The Balaban J connectivity index is 1.51. The van der Waals surface area contributed by atoms with E-state index in [4.69, 9.17) is 0 Å². The number of likely N-dealkylation sites (N-methyl/N-ethyl adjacent to an activating group) is 1. The van der Waals surface area contributed by atoms with Gasteiger partial charge in [0, 0.05) is 11.7 Å². The van der Waals surface area contributed by atoms with E-state index in [-0.39, 0.29) is 18.0 Å².